The summed E-state index contributed by atoms with van der Waals surface area (Å²) in [6.45, 7) is 4.53. The largest absolute Gasteiger partial charge is 0.469 e. The van der Waals surface area contributed by atoms with Gasteiger partial charge in [-0.25, -0.2) is 0 Å². The summed E-state index contributed by atoms with van der Waals surface area (Å²) >= 11 is 0. The van der Waals surface area contributed by atoms with Gasteiger partial charge in [0.05, 0.1) is 6.26 Å². The number of amides is 1. The van der Waals surface area contributed by atoms with Gasteiger partial charge in [-0.05, 0) is 30.4 Å². The molecule has 18 heavy (non-hydrogen) atoms. The van der Waals surface area contributed by atoms with Crippen LogP contribution in [0.3, 0.4) is 0 Å². The number of aryl methyl sites for hydroxylation is 1. The summed E-state index contributed by atoms with van der Waals surface area (Å²) in [4.78, 5) is 11.9. The van der Waals surface area contributed by atoms with Gasteiger partial charge in [-0.15, -0.1) is 0 Å². The van der Waals surface area contributed by atoms with Crippen LogP contribution in [0.2, 0.25) is 0 Å². The van der Waals surface area contributed by atoms with Crippen molar-refractivity contribution in [3.8, 4) is 0 Å². The van der Waals surface area contributed by atoms with Gasteiger partial charge in [-0.2, -0.15) is 0 Å². The van der Waals surface area contributed by atoms with Crippen LogP contribution in [0, 0.1) is 11.8 Å². The highest BCUT2D eigenvalue weighted by atomic mass is 16.3. The Morgan fingerprint density at radius 1 is 1.44 bits per heavy atom. The Morgan fingerprint density at radius 2 is 2.28 bits per heavy atom. The number of hydrogen-bond donors (Lipinski definition) is 1. The van der Waals surface area contributed by atoms with E-state index >= 15 is 0 Å². The van der Waals surface area contributed by atoms with Crippen molar-refractivity contribution in [1.82, 2.24) is 5.32 Å². The fourth-order valence-electron chi connectivity index (χ4n) is 2.76. The Hall–Kier alpha value is -1.25. The van der Waals surface area contributed by atoms with Crippen LogP contribution in [0.1, 0.15) is 45.3 Å². The van der Waals surface area contributed by atoms with Crippen LogP contribution < -0.4 is 5.32 Å². The first-order chi connectivity index (χ1) is 8.66. The highest BCUT2D eigenvalue weighted by molar-refractivity contribution is 5.76. The molecule has 0 spiro atoms. The number of carbonyl (C=O) groups excluding carboxylic acids is 1. The SMILES string of the molecule is C[C@@H]1[C@H](C)CCC[C@@H]1NC(=O)CCc1ccco1. The fourth-order valence-corrected chi connectivity index (χ4v) is 2.76. The third kappa shape index (κ3) is 3.37. The van der Waals surface area contributed by atoms with Crippen LogP contribution in [0.15, 0.2) is 22.8 Å². The molecule has 3 nitrogen and oxygen atoms in total. The lowest BCUT2D eigenvalue weighted by Gasteiger charge is -2.34. The van der Waals surface area contributed by atoms with Gasteiger partial charge >= 0.3 is 0 Å². The molecular weight excluding hydrogens is 226 g/mol. The molecule has 1 aliphatic rings. The molecule has 2 rings (SSSR count). The van der Waals surface area contributed by atoms with E-state index in [1.54, 1.807) is 6.26 Å². The molecule has 0 saturated heterocycles. The van der Waals surface area contributed by atoms with Crippen LogP contribution in [-0.4, -0.2) is 11.9 Å². The number of furan rings is 1. The summed E-state index contributed by atoms with van der Waals surface area (Å²) < 4.78 is 5.23. The minimum atomic E-state index is 0.150. The Labute approximate surface area is 109 Å². The molecule has 3 heteroatoms. The molecule has 0 radical (unpaired) electrons. The second-order valence-corrected chi connectivity index (χ2v) is 5.52. The average Bonchev–Trinajstić information content (AvgIpc) is 2.86. The van der Waals surface area contributed by atoms with E-state index < -0.39 is 0 Å². The lowest BCUT2D eigenvalue weighted by Crippen LogP contribution is -2.43. The van der Waals surface area contributed by atoms with Crippen molar-refractivity contribution < 1.29 is 9.21 Å². The van der Waals surface area contributed by atoms with E-state index in [9.17, 15) is 4.79 Å². The van der Waals surface area contributed by atoms with E-state index in [1.807, 2.05) is 12.1 Å². The number of nitrogens with one attached hydrogen (secondary N) is 1. The zero-order valence-electron chi connectivity index (χ0n) is 11.3. The van der Waals surface area contributed by atoms with Crippen LogP contribution >= 0.6 is 0 Å². The third-order valence-electron chi connectivity index (χ3n) is 4.23. The molecule has 0 aromatic carbocycles. The monoisotopic (exact) mass is 249 g/mol. The van der Waals surface area contributed by atoms with Gasteiger partial charge in [0, 0.05) is 18.9 Å². The van der Waals surface area contributed by atoms with E-state index in [0.29, 0.717) is 30.7 Å². The Morgan fingerprint density at radius 3 is 3.00 bits per heavy atom. The number of carbonyl (C=O) groups is 1. The van der Waals surface area contributed by atoms with E-state index in [1.165, 1.54) is 12.8 Å². The Kier molecular flexibility index (Phi) is 4.45. The second-order valence-electron chi connectivity index (χ2n) is 5.52. The zero-order chi connectivity index (χ0) is 13.0. The van der Waals surface area contributed by atoms with Gasteiger partial charge in [-0.1, -0.05) is 26.7 Å². The van der Waals surface area contributed by atoms with Crippen molar-refractivity contribution in [2.75, 3.05) is 0 Å². The van der Waals surface area contributed by atoms with Gasteiger partial charge in [0.2, 0.25) is 5.91 Å². The van der Waals surface area contributed by atoms with E-state index in [0.717, 1.165) is 12.2 Å². The van der Waals surface area contributed by atoms with Crippen LogP contribution in [0.5, 0.6) is 0 Å². The minimum absolute atomic E-state index is 0.150. The summed E-state index contributed by atoms with van der Waals surface area (Å²) in [6, 6.07) is 4.13. The molecule has 1 N–H and O–H groups in total. The van der Waals surface area contributed by atoms with Crippen molar-refractivity contribution in [2.24, 2.45) is 11.8 Å². The molecule has 1 aromatic heterocycles. The minimum Gasteiger partial charge on any atom is -0.469 e. The maximum atomic E-state index is 11.9. The maximum Gasteiger partial charge on any atom is 0.220 e. The molecule has 0 unspecified atom stereocenters. The summed E-state index contributed by atoms with van der Waals surface area (Å²) in [7, 11) is 0. The topological polar surface area (TPSA) is 42.2 Å². The Bertz CT molecular complexity index is 372. The molecule has 1 aromatic rings. The quantitative estimate of drug-likeness (QED) is 0.890. The lowest BCUT2D eigenvalue weighted by atomic mass is 9.78. The van der Waals surface area contributed by atoms with Crippen molar-refractivity contribution in [3.63, 3.8) is 0 Å². The molecule has 1 saturated carbocycles. The van der Waals surface area contributed by atoms with Gasteiger partial charge in [0.25, 0.3) is 0 Å². The first-order valence-corrected chi connectivity index (χ1v) is 6.98. The molecule has 100 valence electrons. The van der Waals surface area contributed by atoms with E-state index in [-0.39, 0.29) is 5.91 Å². The van der Waals surface area contributed by atoms with Gasteiger partial charge < -0.3 is 9.73 Å². The highest BCUT2D eigenvalue weighted by Gasteiger charge is 2.27. The number of hydrogen-bond acceptors (Lipinski definition) is 2. The molecule has 1 aliphatic carbocycles. The predicted molar refractivity (Wildman–Crippen MR) is 71.1 cm³/mol. The standard InChI is InChI=1S/C15H23NO2/c1-11-5-3-7-14(12(11)2)16-15(17)9-8-13-6-4-10-18-13/h4,6,10-12,14H,3,5,7-9H2,1-2H3,(H,16,17)/t11-,12-,14+/m1/s1. The maximum absolute atomic E-state index is 11.9. The predicted octanol–water partition coefficient (Wildman–Crippen LogP) is 3.15. The molecule has 0 bridgehead atoms. The normalized spacial score (nSPS) is 28.0. The molecule has 1 heterocycles. The summed E-state index contributed by atoms with van der Waals surface area (Å²) in [6.07, 6.45) is 6.51. The molecular formula is C15H23NO2. The van der Waals surface area contributed by atoms with Crippen LogP contribution in [-0.2, 0) is 11.2 Å². The highest BCUT2D eigenvalue weighted by Crippen LogP contribution is 2.29. The molecule has 1 amide bonds. The molecule has 0 aliphatic heterocycles. The van der Waals surface area contributed by atoms with E-state index in [4.69, 9.17) is 4.42 Å². The van der Waals surface area contributed by atoms with Crippen molar-refractivity contribution in [3.05, 3.63) is 24.2 Å². The lowest BCUT2D eigenvalue weighted by molar-refractivity contribution is -0.122. The first-order valence-electron chi connectivity index (χ1n) is 6.98. The fraction of sp³-hybridized carbons (Fsp3) is 0.667. The van der Waals surface area contributed by atoms with Crippen molar-refractivity contribution >= 4 is 5.91 Å². The van der Waals surface area contributed by atoms with Crippen molar-refractivity contribution in [2.45, 2.75) is 52.0 Å². The van der Waals surface area contributed by atoms with Crippen LogP contribution in [0.4, 0.5) is 0 Å². The Balaban J connectivity index is 1.76. The molecule has 3 atom stereocenters. The van der Waals surface area contributed by atoms with Gasteiger partial charge in [0.15, 0.2) is 0 Å². The van der Waals surface area contributed by atoms with Crippen LogP contribution in [0.25, 0.3) is 0 Å². The number of rotatable bonds is 4. The van der Waals surface area contributed by atoms with Crippen molar-refractivity contribution in [1.29, 1.82) is 0 Å². The summed E-state index contributed by atoms with van der Waals surface area (Å²) in [5, 5.41) is 3.18. The smallest absolute Gasteiger partial charge is 0.220 e. The third-order valence-corrected chi connectivity index (χ3v) is 4.23. The zero-order valence-corrected chi connectivity index (χ0v) is 11.3. The van der Waals surface area contributed by atoms with E-state index in [2.05, 4.69) is 19.2 Å². The second kappa shape index (κ2) is 6.07. The average molecular weight is 249 g/mol. The van der Waals surface area contributed by atoms with Gasteiger partial charge in [-0.3, -0.25) is 4.79 Å². The van der Waals surface area contributed by atoms with Gasteiger partial charge in [0.1, 0.15) is 5.76 Å². The summed E-state index contributed by atoms with van der Waals surface area (Å²) in [5.41, 5.74) is 0. The molecule has 1 fully saturated rings. The summed E-state index contributed by atoms with van der Waals surface area (Å²) in [5.74, 6) is 2.34. The first kappa shape index (κ1) is 13.2.